The Labute approximate surface area is 204 Å². The molecule has 11 heteroatoms. The Balaban J connectivity index is 1.32. The lowest BCUT2D eigenvalue weighted by atomic mass is 10.1. The van der Waals surface area contributed by atoms with Gasteiger partial charge >= 0.3 is 6.18 Å². The van der Waals surface area contributed by atoms with Crippen molar-refractivity contribution in [3.05, 3.63) is 35.4 Å². The molecule has 2 amide bonds. The highest BCUT2D eigenvalue weighted by Gasteiger charge is 2.31. The summed E-state index contributed by atoms with van der Waals surface area (Å²) in [5, 5.41) is 15.1. The molecule has 2 saturated heterocycles. The molecule has 1 aromatic rings. The average molecular weight is 500 g/mol. The van der Waals surface area contributed by atoms with Crippen molar-refractivity contribution >= 4 is 11.8 Å². The SMILES string of the molecule is CCC(O)CN1CCN(CCN2CC[C@@H](NC(=O)CNC(=O)c3cccc(C(F)(F)F)c3)C2)CC1. The molecule has 3 N–H and O–H groups in total. The number of piperazine rings is 1. The van der Waals surface area contributed by atoms with Gasteiger partial charge in [0.1, 0.15) is 0 Å². The molecular weight excluding hydrogens is 463 g/mol. The van der Waals surface area contributed by atoms with Gasteiger partial charge in [-0.3, -0.25) is 24.3 Å². The van der Waals surface area contributed by atoms with Crippen LogP contribution in [0.5, 0.6) is 0 Å². The van der Waals surface area contributed by atoms with Crippen LogP contribution in [-0.4, -0.2) is 109 Å². The van der Waals surface area contributed by atoms with Crippen LogP contribution in [0.2, 0.25) is 0 Å². The highest BCUT2D eigenvalue weighted by Crippen LogP contribution is 2.29. The van der Waals surface area contributed by atoms with Crippen molar-refractivity contribution in [1.82, 2.24) is 25.3 Å². The molecule has 2 heterocycles. The van der Waals surface area contributed by atoms with Crippen LogP contribution in [0.1, 0.15) is 35.7 Å². The van der Waals surface area contributed by atoms with E-state index in [0.717, 1.165) is 83.9 Å². The van der Waals surface area contributed by atoms with Crippen LogP contribution in [0.4, 0.5) is 13.2 Å². The van der Waals surface area contributed by atoms with E-state index >= 15 is 0 Å². The Kier molecular flexibility index (Phi) is 9.90. The van der Waals surface area contributed by atoms with Gasteiger partial charge in [0.25, 0.3) is 5.91 Å². The van der Waals surface area contributed by atoms with Gasteiger partial charge in [-0.1, -0.05) is 13.0 Å². The van der Waals surface area contributed by atoms with Crippen molar-refractivity contribution in [3.63, 3.8) is 0 Å². The molecule has 1 aromatic carbocycles. The van der Waals surface area contributed by atoms with Gasteiger partial charge in [-0.25, -0.2) is 0 Å². The minimum atomic E-state index is -4.53. The summed E-state index contributed by atoms with van der Waals surface area (Å²) in [6.07, 6.45) is -3.20. The zero-order valence-corrected chi connectivity index (χ0v) is 20.2. The fraction of sp³-hybridized carbons (Fsp3) is 0.667. The molecule has 0 spiro atoms. The molecule has 2 fully saturated rings. The van der Waals surface area contributed by atoms with Crippen LogP contribution in [-0.2, 0) is 11.0 Å². The molecule has 0 saturated carbocycles. The summed E-state index contributed by atoms with van der Waals surface area (Å²) in [7, 11) is 0. The zero-order chi connectivity index (χ0) is 25.4. The van der Waals surface area contributed by atoms with E-state index in [1.54, 1.807) is 0 Å². The lowest BCUT2D eigenvalue weighted by Crippen LogP contribution is -2.50. The molecule has 8 nitrogen and oxygen atoms in total. The van der Waals surface area contributed by atoms with Crippen molar-refractivity contribution in [2.24, 2.45) is 0 Å². The van der Waals surface area contributed by atoms with E-state index in [1.807, 2.05) is 6.92 Å². The monoisotopic (exact) mass is 499 g/mol. The lowest BCUT2D eigenvalue weighted by molar-refractivity contribution is -0.137. The number of aliphatic hydroxyl groups excluding tert-OH is 1. The number of β-amino-alcohol motifs (C(OH)–C–C–N with tert-alkyl or cyclic N) is 1. The fourth-order valence-electron chi connectivity index (χ4n) is 4.44. The number of nitrogens with zero attached hydrogens (tertiary/aromatic N) is 3. The second-order valence-electron chi connectivity index (χ2n) is 9.32. The lowest BCUT2D eigenvalue weighted by Gasteiger charge is -2.36. The third-order valence-corrected chi connectivity index (χ3v) is 6.64. The number of alkyl halides is 3. The molecule has 2 aliphatic rings. The zero-order valence-electron chi connectivity index (χ0n) is 20.2. The van der Waals surface area contributed by atoms with Gasteiger partial charge in [0, 0.05) is 70.5 Å². The average Bonchev–Trinajstić information content (AvgIpc) is 3.28. The summed E-state index contributed by atoms with van der Waals surface area (Å²) in [6, 6.07) is 4.11. The summed E-state index contributed by atoms with van der Waals surface area (Å²) in [4.78, 5) is 31.4. The van der Waals surface area contributed by atoms with Crippen molar-refractivity contribution < 1.29 is 27.9 Å². The molecule has 0 aliphatic carbocycles. The molecule has 35 heavy (non-hydrogen) atoms. The normalized spacial score (nSPS) is 21.1. The largest absolute Gasteiger partial charge is 0.416 e. The minimum absolute atomic E-state index is 0.0136. The first-order chi connectivity index (χ1) is 16.6. The number of carbonyl (C=O) groups is 2. The molecule has 0 bridgehead atoms. The predicted octanol–water partition coefficient (Wildman–Crippen LogP) is 1.01. The molecular formula is C24H36F3N5O3. The highest BCUT2D eigenvalue weighted by molar-refractivity contribution is 5.96. The van der Waals surface area contributed by atoms with Gasteiger partial charge in [-0.15, -0.1) is 0 Å². The standard InChI is InChI=1S/C24H36F3N5O3/c1-2-21(33)17-32-12-9-30(10-13-32)8-11-31-7-6-20(16-31)29-22(34)15-28-23(35)18-4-3-5-19(14-18)24(25,26)27/h3-5,14,20-21,33H,2,6-13,15-17H2,1H3,(H,28,35)(H,29,34)/t20-,21?/m1/s1. The molecule has 196 valence electrons. The van der Waals surface area contributed by atoms with E-state index in [4.69, 9.17) is 0 Å². The smallest absolute Gasteiger partial charge is 0.392 e. The van der Waals surface area contributed by atoms with Crippen molar-refractivity contribution in [2.45, 2.75) is 38.1 Å². The first-order valence-electron chi connectivity index (χ1n) is 12.2. The first kappa shape index (κ1) is 27.4. The van der Waals surface area contributed by atoms with Gasteiger partial charge in [0.15, 0.2) is 0 Å². The molecule has 2 aliphatic heterocycles. The summed E-state index contributed by atoms with van der Waals surface area (Å²) in [5.41, 5.74) is -1.04. The summed E-state index contributed by atoms with van der Waals surface area (Å²) in [6.45, 7) is 9.80. The van der Waals surface area contributed by atoms with Crippen LogP contribution < -0.4 is 10.6 Å². The van der Waals surface area contributed by atoms with Crippen LogP contribution >= 0.6 is 0 Å². The number of nitrogens with one attached hydrogen (secondary N) is 2. The van der Waals surface area contributed by atoms with E-state index in [2.05, 4.69) is 25.3 Å². The second-order valence-corrected chi connectivity index (χ2v) is 9.32. The Bertz CT molecular complexity index is 846. The predicted molar refractivity (Wildman–Crippen MR) is 126 cm³/mol. The van der Waals surface area contributed by atoms with Crippen molar-refractivity contribution in [2.75, 3.05) is 65.4 Å². The minimum Gasteiger partial charge on any atom is -0.392 e. The fourth-order valence-corrected chi connectivity index (χ4v) is 4.44. The van der Waals surface area contributed by atoms with Crippen LogP contribution in [0.15, 0.2) is 24.3 Å². The summed E-state index contributed by atoms with van der Waals surface area (Å²) in [5.74, 6) is -1.08. The van der Waals surface area contributed by atoms with Gasteiger partial charge < -0.3 is 15.7 Å². The van der Waals surface area contributed by atoms with Crippen molar-refractivity contribution in [3.8, 4) is 0 Å². The van der Waals surface area contributed by atoms with E-state index < -0.39 is 17.6 Å². The first-order valence-corrected chi connectivity index (χ1v) is 12.2. The number of likely N-dealkylation sites (tertiary alicyclic amines) is 1. The Morgan fingerprint density at radius 1 is 1.09 bits per heavy atom. The molecule has 3 rings (SSSR count). The molecule has 1 unspecified atom stereocenters. The number of carbonyl (C=O) groups excluding carboxylic acids is 2. The summed E-state index contributed by atoms with van der Waals surface area (Å²) >= 11 is 0. The number of aliphatic hydroxyl groups is 1. The van der Waals surface area contributed by atoms with Gasteiger partial charge in [-0.2, -0.15) is 13.2 Å². The van der Waals surface area contributed by atoms with Crippen LogP contribution in [0.25, 0.3) is 0 Å². The Morgan fingerprint density at radius 3 is 2.46 bits per heavy atom. The van der Waals surface area contributed by atoms with Gasteiger partial charge in [-0.05, 0) is 31.0 Å². The number of rotatable bonds is 10. The van der Waals surface area contributed by atoms with Crippen molar-refractivity contribution in [1.29, 1.82) is 0 Å². The Morgan fingerprint density at radius 2 is 1.77 bits per heavy atom. The summed E-state index contributed by atoms with van der Waals surface area (Å²) < 4.78 is 38.5. The third-order valence-electron chi connectivity index (χ3n) is 6.64. The van der Waals surface area contributed by atoms with Crippen LogP contribution in [0.3, 0.4) is 0 Å². The highest BCUT2D eigenvalue weighted by atomic mass is 19.4. The van der Waals surface area contributed by atoms with E-state index in [0.29, 0.717) is 0 Å². The topological polar surface area (TPSA) is 88.2 Å². The van der Waals surface area contributed by atoms with E-state index in [-0.39, 0.29) is 30.2 Å². The third kappa shape index (κ3) is 8.75. The molecule has 0 radical (unpaired) electrons. The number of halogens is 3. The van der Waals surface area contributed by atoms with Gasteiger partial charge in [0.05, 0.1) is 18.2 Å². The molecule has 0 aromatic heterocycles. The number of benzene rings is 1. The van der Waals surface area contributed by atoms with E-state index in [1.165, 1.54) is 12.1 Å². The number of hydrogen-bond donors (Lipinski definition) is 3. The second kappa shape index (κ2) is 12.7. The maximum absolute atomic E-state index is 12.8. The maximum Gasteiger partial charge on any atom is 0.416 e. The maximum atomic E-state index is 12.8. The Hall–Kier alpha value is -2.21. The quantitative estimate of drug-likeness (QED) is 0.446. The molecule has 2 atom stereocenters. The number of hydrogen-bond acceptors (Lipinski definition) is 6. The van der Waals surface area contributed by atoms with Crippen LogP contribution in [0, 0.1) is 0 Å². The van der Waals surface area contributed by atoms with E-state index in [9.17, 15) is 27.9 Å². The number of amides is 2. The van der Waals surface area contributed by atoms with Gasteiger partial charge in [0.2, 0.25) is 5.91 Å².